The Bertz CT molecular complexity index is 468. The van der Waals surface area contributed by atoms with E-state index in [1.165, 1.54) is 0 Å². The topological polar surface area (TPSA) is 56.7 Å². The van der Waals surface area contributed by atoms with E-state index in [2.05, 4.69) is 32.9 Å². The van der Waals surface area contributed by atoms with Gasteiger partial charge in [0.15, 0.2) is 0 Å². The summed E-state index contributed by atoms with van der Waals surface area (Å²) in [6, 6.07) is 4.00. The third-order valence-corrected chi connectivity index (χ3v) is 3.17. The first-order valence-electron chi connectivity index (χ1n) is 5.57. The highest BCUT2D eigenvalue weighted by Crippen LogP contribution is 2.22. The van der Waals surface area contributed by atoms with Crippen LogP contribution in [0.15, 0.2) is 41.4 Å². The summed E-state index contributed by atoms with van der Waals surface area (Å²) in [5.74, 6) is 0. The van der Waals surface area contributed by atoms with E-state index in [4.69, 9.17) is 5.73 Å². The maximum atomic E-state index is 6.19. The Morgan fingerprint density at radius 1 is 1.47 bits per heavy atom. The number of pyridine rings is 1. The second-order valence-corrected chi connectivity index (χ2v) is 4.86. The summed E-state index contributed by atoms with van der Waals surface area (Å²) < 4.78 is 2.84. The Hall–Kier alpha value is -1.20. The van der Waals surface area contributed by atoms with E-state index in [1.807, 2.05) is 29.2 Å². The number of hydrogen-bond acceptors (Lipinski definition) is 3. The van der Waals surface area contributed by atoms with Crippen molar-refractivity contribution in [2.45, 2.75) is 25.4 Å². The van der Waals surface area contributed by atoms with Gasteiger partial charge in [-0.15, -0.1) is 0 Å². The van der Waals surface area contributed by atoms with Gasteiger partial charge in [0, 0.05) is 24.6 Å². The molecule has 2 aromatic heterocycles. The molecule has 17 heavy (non-hydrogen) atoms. The minimum Gasteiger partial charge on any atom is -0.326 e. The fourth-order valence-electron chi connectivity index (χ4n) is 1.84. The third-order valence-electron chi connectivity index (χ3n) is 2.76. The van der Waals surface area contributed by atoms with Crippen LogP contribution in [-0.4, -0.2) is 20.8 Å². The van der Waals surface area contributed by atoms with Crippen LogP contribution in [0.1, 0.15) is 24.9 Å². The van der Waals surface area contributed by atoms with Gasteiger partial charge in [0.05, 0.1) is 16.7 Å². The van der Waals surface area contributed by atoms with Crippen molar-refractivity contribution in [3.63, 3.8) is 0 Å². The monoisotopic (exact) mass is 294 g/mol. The zero-order valence-electron chi connectivity index (χ0n) is 9.62. The minimum atomic E-state index is 0.0194. The normalized spacial score (nSPS) is 14.5. The van der Waals surface area contributed by atoms with Gasteiger partial charge >= 0.3 is 0 Å². The molecule has 0 amide bonds. The summed E-state index contributed by atoms with van der Waals surface area (Å²) in [7, 11) is 0. The van der Waals surface area contributed by atoms with Crippen molar-refractivity contribution < 1.29 is 0 Å². The Morgan fingerprint density at radius 2 is 2.29 bits per heavy atom. The van der Waals surface area contributed by atoms with Crippen LogP contribution in [0, 0.1) is 0 Å². The first kappa shape index (κ1) is 12.3. The van der Waals surface area contributed by atoms with Crippen LogP contribution in [0.25, 0.3) is 0 Å². The molecule has 0 spiro atoms. The molecule has 2 heterocycles. The summed E-state index contributed by atoms with van der Waals surface area (Å²) in [5, 5.41) is 4.32. The van der Waals surface area contributed by atoms with Gasteiger partial charge in [-0.05, 0) is 34.0 Å². The van der Waals surface area contributed by atoms with Crippen molar-refractivity contribution in [3.8, 4) is 0 Å². The van der Waals surface area contributed by atoms with Crippen molar-refractivity contribution in [1.82, 2.24) is 14.8 Å². The highest BCUT2D eigenvalue weighted by Gasteiger charge is 2.21. The standard InChI is InChI=1S/C12H15BrN4/c1-2-11(14)12(9-4-3-5-15-6-9)17-8-10(13)7-16-17/h3-8,11-12H,2,14H2,1H3. The number of nitrogens with two attached hydrogens (primary N) is 1. The molecular formula is C12H15BrN4. The lowest BCUT2D eigenvalue weighted by molar-refractivity contribution is 0.423. The van der Waals surface area contributed by atoms with E-state index in [0.717, 1.165) is 16.5 Å². The fourth-order valence-corrected chi connectivity index (χ4v) is 2.14. The Balaban J connectivity index is 2.39. The number of halogens is 1. The van der Waals surface area contributed by atoms with Crippen molar-refractivity contribution in [1.29, 1.82) is 0 Å². The van der Waals surface area contributed by atoms with E-state index in [9.17, 15) is 0 Å². The summed E-state index contributed by atoms with van der Waals surface area (Å²) >= 11 is 3.40. The van der Waals surface area contributed by atoms with E-state index in [0.29, 0.717) is 0 Å². The highest BCUT2D eigenvalue weighted by molar-refractivity contribution is 9.10. The molecule has 2 rings (SSSR count). The zero-order valence-corrected chi connectivity index (χ0v) is 11.2. The third kappa shape index (κ3) is 2.73. The van der Waals surface area contributed by atoms with Gasteiger partial charge < -0.3 is 5.73 Å². The average molecular weight is 295 g/mol. The van der Waals surface area contributed by atoms with Crippen LogP contribution >= 0.6 is 15.9 Å². The second-order valence-electron chi connectivity index (χ2n) is 3.94. The lowest BCUT2D eigenvalue weighted by Crippen LogP contribution is -2.32. The van der Waals surface area contributed by atoms with Crippen LogP contribution in [0.4, 0.5) is 0 Å². The zero-order chi connectivity index (χ0) is 12.3. The first-order chi connectivity index (χ1) is 8.22. The van der Waals surface area contributed by atoms with E-state index in [1.54, 1.807) is 12.4 Å². The summed E-state index contributed by atoms with van der Waals surface area (Å²) in [6.45, 7) is 2.08. The van der Waals surface area contributed by atoms with E-state index >= 15 is 0 Å². The molecule has 0 aliphatic carbocycles. The van der Waals surface area contributed by atoms with Crippen molar-refractivity contribution in [2.75, 3.05) is 0 Å². The molecule has 0 aromatic carbocycles. The summed E-state index contributed by atoms with van der Waals surface area (Å²) in [6.07, 6.45) is 8.20. The Labute approximate surface area is 109 Å². The van der Waals surface area contributed by atoms with Crippen LogP contribution < -0.4 is 5.73 Å². The molecule has 0 radical (unpaired) electrons. The maximum Gasteiger partial charge on any atom is 0.0934 e. The molecule has 4 nitrogen and oxygen atoms in total. The average Bonchev–Trinajstić information content (AvgIpc) is 2.77. The number of aromatic nitrogens is 3. The SMILES string of the molecule is CCC(N)C(c1cccnc1)n1cc(Br)cn1. The van der Waals surface area contributed by atoms with Crippen molar-refractivity contribution >= 4 is 15.9 Å². The molecule has 2 aromatic rings. The Morgan fingerprint density at radius 3 is 2.82 bits per heavy atom. The van der Waals surface area contributed by atoms with Gasteiger partial charge in [-0.2, -0.15) is 5.10 Å². The molecule has 0 fully saturated rings. The predicted molar refractivity (Wildman–Crippen MR) is 70.6 cm³/mol. The van der Waals surface area contributed by atoms with Crippen LogP contribution in [0.5, 0.6) is 0 Å². The minimum absolute atomic E-state index is 0.0194. The van der Waals surface area contributed by atoms with Gasteiger partial charge in [0.25, 0.3) is 0 Å². The molecule has 90 valence electrons. The van der Waals surface area contributed by atoms with Gasteiger partial charge in [0.2, 0.25) is 0 Å². The second kappa shape index (κ2) is 5.42. The Kier molecular flexibility index (Phi) is 3.91. The highest BCUT2D eigenvalue weighted by atomic mass is 79.9. The molecule has 0 bridgehead atoms. The molecular weight excluding hydrogens is 280 g/mol. The number of rotatable bonds is 4. The molecule has 0 aliphatic rings. The molecule has 5 heteroatoms. The number of nitrogens with zero attached hydrogens (tertiary/aromatic N) is 3. The van der Waals surface area contributed by atoms with Gasteiger partial charge in [-0.25, -0.2) is 0 Å². The van der Waals surface area contributed by atoms with Crippen LogP contribution in [0.3, 0.4) is 0 Å². The number of hydrogen-bond donors (Lipinski definition) is 1. The maximum absolute atomic E-state index is 6.19. The molecule has 2 N–H and O–H groups in total. The van der Waals surface area contributed by atoms with E-state index in [-0.39, 0.29) is 12.1 Å². The van der Waals surface area contributed by atoms with Gasteiger partial charge in [0.1, 0.15) is 0 Å². The molecule has 0 aliphatic heterocycles. The van der Waals surface area contributed by atoms with Crippen LogP contribution in [0.2, 0.25) is 0 Å². The van der Waals surface area contributed by atoms with Crippen molar-refractivity contribution in [3.05, 3.63) is 47.0 Å². The molecule has 2 atom stereocenters. The smallest absolute Gasteiger partial charge is 0.0934 e. The largest absolute Gasteiger partial charge is 0.326 e. The van der Waals surface area contributed by atoms with Gasteiger partial charge in [-0.1, -0.05) is 13.0 Å². The first-order valence-corrected chi connectivity index (χ1v) is 6.37. The quantitative estimate of drug-likeness (QED) is 0.942. The van der Waals surface area contributed by atoms with E-state index < -0.39 is 0 Å². The molecule has 2 unspecified atom stereocenters. The fraction of sp³-hybridized carbons (Fsp3) is 0.333. The summed E-state index contributed by atoms with van der Waals surface area (Å²) in [4.78, 5) is 4.15. The van der Waals surface area contributed by atoms with Crippen LogP contribution in [-0.2, 0) is 0 Å². The van der Waals surface area contributed by atoms with Gasteiger partial charge in [-0.3, -0.25) is 9.67 Å². The predicted octanol–water partition coefficient (Wildman–Crippen LogP) is 2.37. The molecule has 0 saturated carbocycles. The molecule has 0 saturated heterocycles. The lowest BCUT2D eigenvalue weighted by atomic mass is 10.00. The summed E-state index contributed by atoms with van der Waals surface area (Å²) in [5.41, 5.74) is 7.27. The van der Waals surface area contributed by atoms with Crippen molar-refractivity contribution in [2.24, 2.45) is 5.73 Å². The lowest BCUT2D eigenvalue weighted by Gasteiger charge is -2.23.